The minimum absolute atomic E-state index is 1.12. The second-order valence-corrected chi connectivity index (χ2v) is 4.46. The van der Waals surface area contributed by atoms with Gasteiger partial charge in [-0.05, 0) is 43.3 Å². The molecule has 3 heteroatoms. The summed E-state index contributed by atoms with van der Waals surface area (Å²) in [4.78, 5) is 0. The first kappa shape index (κ1) is 9.67. The summed E-state index contributed by atoms with van der Waals surface area (Å²) in [5.74, 6) is 0. The Morgan fingerprint density at radius 3 is 2.57 bits per heavy atom. The molecule has 74 valence electrons. The third kappa shape index (κ3) is 1.18. The predicted molar refractivity (Wildman–Crippen MR) is 64.3 cm³/mol. The molecule has 0 radical (unpaired) electrons. The summed E-state index contributed by atoms with van der Waals surface area (Å²) >= 11 is 0. The molecule has 2 rings (SSSR count). The van der Waals surface area contributed by atoms with Crippen LogP contribution in [0.2, 0.25) is 0 Å². The van der Waals surface area contributed by atoms with E-state index in [1.165, 1.54) is 27.3 Å². The van der Waals surface area contributed by atoms with Crippen molar-refractivity contribution in [2.75, 3.05) is 0 Å². The van der Waals surface area contributed by atoms with Crippen molar-refractivity contribution in [2.45, 2.75) is 20.8 Å². The number of benzene rings is 1. The number of hydrogen-bond donors (Lipinski definition) is 0. The van der Waals surface area contributed by atoms with Gasteiger partial charge in [-0.2, -0.15) is 5.10 Å². The summed E-state index contributed by atoms with van der Waals surface area (Å²) in [5, 5.41) is 6.99. The molecule has 1 aromatic carbocycles. The Hall–Kier alpha value is -0.880. The maximum atomic E-state index is 4.46. The normalized spacial score (nSPS) is 11.2. The molecule has 0 saturated carbocycles. The highest BCUT2D eigenvalue weighted by Gasteiger charge is 2.11. The van der Waals surface area contributed by atoms with Gasteiger partial charge in [-0.3, -0.25) is 4.68 Å². The summed E-state index contributed by atoms with van der Waals surface area (Å²) in [7, 11) is 4.78. The molecule has 1 unspecified atom stereocenters. The molecule has 0 amide bonds. The van der Waals surface area contributed by atoms with E-state index in [1.807, 2.05) is 11.7 Å². The number of aromatic nitrogens is 2. The predicted octanol–water partition coefficient (Wildman–Crippen LogP) is 2.00. The fourth-order valence-corrected chi connectivity index (χ4v) is 2.63. The van der Waals surface area contributed by atoms with E-state index in [-0.39, 0.29) is 0 Å². The third-order valence-electron chi connectivity index (χ3n) is 2.83. The van der Waals surface area contributed by atoms with Gasteiger partial charge in [0, 0.05) is 12.4 Å². The van der Waals surface area contributed by atoms with Gasteiger partial charge in [-0.1, -0.05) is 0 Å². The van der Waals surface area contributed by atoms with Crippen LogP contribution in [-0.4, -0.2) is 9.78 Å². The molecule has 0 bridgehead atoms. The SMILES string of the molecule is Cc1cc(P)c2c(c(C)nn2C)c1C. The van der Waals surface area contributed by atoms with E-state index in [1.54, 1.807) is 0 Å². The number of hydrogen-bond acceptors (Lipinski definition) is 1. The highest BCUT2D eigenvalue weighted by atomic mass is 31.0. The zero-order valence-corrected chi connectivity index (χ0v) is 10.2. The fraction of sp³-hybridized carbons (Fsp3) is 0.364. The molecular formula is C11H15N2P. The molecule has 0 aliphatic carbocycles. The van der Waals surface area contributed by atoms with Gasteiger partial charge < -0.3 is 0 Å². The summed E-state index contributed by atoms with van der Waals surface area (Å²) in [6, 6.07) is 2.20. The lowest BCUT2D eigenvalue weighted by molar-refractivity contribution is 0.785. The molecule has 0 fully saturated rings. The zero-order valence-electron chi connectivity index (χ0n) is 9.05. The van der Waals surface area contributed by atoms with Crippen LogP contribution in [-0.2, 0) is 7.05 Å². The van der Waals surface area contributed by atoms with Crippen molar-refractivity contribution in [3.8, 4) is 0 Å². The quantitative estimate of drug-likeness (QED) is 0.603. The maximum Gasteiger partial charge on any atom is 0.0756 e. The molecule has 0 aliphatic heterocycles. The standard InChI is InChI=1S/C11H15N2P/c1-6-5-9(14)11-10(7(6)2)8(3)12-13(11)4/h5H,14H2,1-4H3. The van der Waals surface area contributed by atoms with Crippen molar-refractivity contribution in [1.29, 1.82) is 0 Å². The zero-order chi connectivity index (χ0) is 10.5. The van der Waals surface area contributed by atoms with Crippen LogP contribution in [0.15, 0.2) is 6.07 Å². The first-order valence-corrected chi connectivity index (χ1v) is 5.29. The molecule has 1 atom stereocenters. The number of aryl methyl sites for hydroxylation is 4. The Bertz CT molecular complexity index is 512. The van der Waals surface area contributed by atoms with Crippen LogP contribution >= 0.6 is 9.24 Å². The van der Waals surface area contributed by atoms with Crippen molar-refractivity contribution in [2.24, 2.45) is 7.05 Å². The Kier molecular flexibility index (Phi) is 2.11. The molecule has 1 heterocycles. The molecule has 0 N–H and O–H groups in total. The minimum atomic E-state index is 1.12. The molecular weight excluding hydrogens is 191 g/mol. The van der Waals surface area contributed by atoms with Crippen LogP contribution in [0.1, 0.15) is 16.8 Å². The van der Waals surface area contributed by atoms with E-state index >= 15 is 0 Å². The van der Waals surface area contributed by atoms with Crippen molar-refractivity contribution < 1.29 is 0 Å². The topological polar surface area (TPSA) is 17.8 Å². The average Bonchev–Trinajstić information content (AvgIpc) is 2.38. The first-order chi connectivity index (χ1) is 6.52. The van der Waals surface area contributed by atoms with Crippen molar-refractivity contribution in [1.82, 2.24) is 9.78 Å². The molecule has 2 nitrogen and oxygen atoms in total. The summed E-state index contributed by atoms with van der Waals surface area (Å²) < 4.78 is 1.96. The van der Waals surface area contributed by atoms with Crippen LogP contribution in [0.25, 0.3) is 10.9 Å². The van der Waals surface area contributed by atoms with E-state index in [0.717, 1.165) is 5.69 Å². The summed E-state index contributed by atoms with van der Waals surface area (Å²) in [5.41, 5.74) is 5.03. The smallest absolute Gasteiger partial charge is 0.0756 e. The molecule has 0 spiro atoms. The number of rotatable bonds is 0. The summed E-state index contributed by atoms with van der Waals surface area (Å²) in [6.45, 7) is 6.38. The average molecular weight is 206 g/mol. The number of nitrogens with zero attached hydrogens (tertiary/aromatic N) is 2. The van der Waals surface area contributed by atoms with Gasteiger partial charge in [-0.15, -0.1) is 9.24 Å². The third-order valence-corrected chi connectivity index (χ3v) is 3.27. The number of fused-ring (bicyclic) bond motifs is 1. The van der Waals surface area contributed by atoms with Gasteiger partial charge in [0.25, 0.3) is 0 Å². The van der Waals surface area contributed by atoms with E-state index in [9.17, 15) is 0 Å². The molecule has 14 heavy (non-hydrogen) atoms. The Morgan fingerprint density at radius 2 is 1.93 bits per heavy atom. The molecule has 1 aromatic heterocycles. The van der Waals surface area contributed by atoms with Gasteiger partial charge in [0.2, 0.25) is 0 Å². The lowest BCUT2D eigenvalue weighted by atomic mass is 10.0. The van der Waals surface area contributed by atoms with Crippen molar-refractivity contribution in [3.63, 3.8) is 0 Å². The van der Waals surface area contributed by atoms with Gasteiger partial charge in [-0.25, -0.2) is 0 Å². The highest BCUT2D eigenvalue weighted by Crippen LogP contribution is 2.23. The van der Waals surface area contributed by atoms with Gasteiger partial charge >= 0.3 is 0 Å². The fourth-order valence-electron chi connectivity index (χ4n) is 2.05. The molecule has 0 aliphatic rings. The maximum absolute atomic E-state index is 4.46. The minimum Gasteiger partial charge on any atom is -0.267 e. The second-order valence-electron chi connectivity index (χ2n) is 3.84. The van der Waals surface area contributed by atoms with Gasteiger partial charge in [0.15, 0.2) is 0 Å². The lowest BCUT2D eigenvalue weighted by Crippen LogP contribution is -2.02. The highest BCUT2D eigenvalue weighted by molar-refractivity contribution is 7.28. The Labute approximate surface area is 86.5 Å². The molecule has 2 aromatic rings. The van der Waals surface area contributed by atoms with E-state index in [2.05, 4.69) is 41.2 Å². The van der Waals surface area contributed by atoms with Gasteiger partial charge in [0.1, 0.15) is 0 Å². The lowest BCUT2D eigenvalue weighted by Gasteiger charge is -2.06. The van der Waals surface area contributed by atoms with Crippen molar-refractivity contribution in [3.05, 3.63) is 22.9 Å². The largest absolute Gasteiger partial charge is 0.267 e. The van der Waals surface area contributed by atoms with Gasteiger partial charge in [0.05, 0.1) is 11.2 Å². The van der Waals surface area contributed by atoms with E-state index in [4.69, 9.17) is 0 Å². The molecule has 0 saturated heterocycles. The summed E-state index contributed by atoms with van der Waals surface area (Å²) in [6.07, 6.45) is 0. The van der Waals surface area contributed by atoms with E-state index in [0.29, 0.717) is 0 Å². The Morgan fingerprint density at radius 1 is 1.29 bits per heavy atom. The Balaban J connectivity index is 3.05. The van der Waals surface area contributed by atoms with Crippen LogP contribution in [0, 0.1) is 20.8 Å². The van der Waals surface area contributed by atoms with Crippen molar-refractivity contribution >= 4 is 25.4 Å². The van der Waals surface area contributed by atoms with Crippen LogP contribution in [0.3, 0.4) is 0 Å². The van der Waals surface area contributed by atoms with Crippen LogP contribution in [0.5, 0.6) is 0 Å². The monoisotopic (exact) mass is 206 g/mol. The second kappa shape index (κ2) is 3.06. The van der Waals surface area contributed by atoms with Crippen LogP contribution < -0.4 is 5.30 Å². The van der Waals surface area contributed by atoms with E-state index < -0.39 is 0 Å². The van der Waals surface area contributed by atoms with Crippen LogP contribution in [0.4, 0.5) is 0 Å². The first-order valence-electron chi connectivity index (χ1n) is 4.71.